The fourth-order valence-corrected chi connectivity index (χ4v) is 4.55. The van der Waals surface area contributed by atoms with Crippen molar-refractivity contribution in [1.82, 2.24) is 15.6 Å². The second-order valence-corrected chi connectivity index (χ2v) is 8.98. The van der Waals surface area contributed by atoms with Crippen LogP contribution in [0.5, 0.6) is 0 Å². The number of nitrogens with one attached hydrogen (secondary N) is 2. The summed E-state index contributed by atoms with van der Waals surface area (Å²) >= 11 is 1.66. The zero-order valence-electron chi connectivity index (χ0n) is 15.2. The molecule has 1 aromatic carbocycles. The van der Waals surface area contributed by atoms with Gasteiger partial charge in [0, 0.05) is 18.5 Å². The van der Waals surface area contributed by atoms with Gasteiger partial charge < -0.3 is 10.6 Å². The number of nitrogens with zero attached hydrogens (tertiary/aromatic N) is 2. The van der Waals surface area contributed by atoms with E-state index in [1.807, 2.05) is 19.9 Å². The lowest BCUT2D eigenvalue weighted by molar-refractivity contribution is 0.592. The summed E-state index contributed by atoms with van der Waals surface area (Å²) in [7, 11) is -1.53. The van der Waals surface area contributed by atoms with Crippen molar-refractivity contribution in [3.63, 3.8) is 0 Å². The van der Waals surface area contributed by atoms with Crippen molar-refractivity contribution in [2.45, 2.75) is 31.7 Å². The molecule has 0 saturated heterocycles. The zero-order valence-corrected chi connectivity index (χ0v) is 19.1. The Morgan fingerprint density at radius 1 is 1.19 bits per heavy atom. The maximum absolute atomic E-state index is 12.2. The summed E-state index contributed by atoms with van der Waals surface area (Å²) in [6, 6.07) is 8.54. The van der Waals surface area contributed by atoms with Gasteiger partial charge in [0.1, 0.15) is 0 Å². The number of aromatic nitrogens is 1. The minimum absolute atomic E-state index is 0. The molecule has 0 bridgehead atoms. The van der Waals surface area contributed by atoms with E-state index in [1.54, 1.807) is 42.6 Å². The first kappa shape index (κ1) is 22.8. The van der Waals surface area contributed by atoms with Crippen molar-refractivity contribution in [2.75, 3.05) is 19.3 Å². The topological polar surface area (TPSA) is 83.5 Å². The largest absolute Gasteiger partial charge is 0.356 e. The molecular weight excluding hydrogens is 483 g/mol. The Labute approximate surface area is 176 Å². The number of aliphatic imine (C=N–C) groups is 1. The lowest BCUT2D eigenvalue weighted by Gasteiger charge is -2.11. The van der Waals surface area contributed by atoms with E-state index >= 15 is 0 Å². The van der Waals surface area contributed by atoms with Crippen LogP contribution in [0.15, 0.2) is 40.2 Å². The minimum Gasteiger partial charge on any atom is -0.356 e. The van der Waals surface area contributed by atoms with Gasteiger partial charge in [-0.3, -0.25) is 4.99 Å². The van der Waals surface area contributed by atoms with Crippen molar-refractivity contribution in [2.24, 2.45) is 4.99 Å². The van der Waals surface area contributed by atoms with Crippen molar-refractivity contribution < 1.29 is 8.42 Å². The molecule has 0 amide bonds. The summed E-state index contributed by atoms with van der Waals surface area (Å²) in [4.78, 5) is 10.1. The van der Waals surface area contributed by atoms with Gasteiger partial charge in [-0.25, -0.2) is 13.4 Å². The Bertz CT molecular complexity index is 821. The highest BCUT2D eigenvalue weighted by Crippen LogP contribution is 2.16. The molecule has 6 nitrogen and oxygen atoms in total. The Kier molecular flexibility index (Phi) is 9.51. The van der Waals surface area contributed by atoms with E-state index in [2.05, 4.69) is 20.6 Å². The highest BCUT2D eigenvalue weighted by molar-refractivity contribution is 14.0. The van der Waals surface area contributed by atoms with Crippen LogP contribution in [0.2, 0.25) is 0 Å². The van der Waals surface area contributed by atoms with Gasteiger partial charge in [-0.15, -0.1) is 35.3 Å². The normalized spacial score (nSPS) is 11.7. The zero-order chi connectivity index (χ0) is 18.3. The van der Waals surface area contributed by atoms with E-state index in [0.29, 0.717) is 30.4 Å². The van der Waals surface area contributed by atoms with E-state index in [9.17, 15) is 8.42 Å². The molecule has 26 heavy (non-hydrogen) atoms. The number of benzene rings is 1. The number of thiazole rings is 1. The maximum atomic E-state index is 12.2. The molecule has 0 aliphatic heterocycles. The number of hydrogen-bond acceptors (Lipinski definition) is 5. The van der Waals surface area contributed by atoms with E-state index in [4.69, 9.17) is 0 Å². The van der Waals surface area contributed by atoms with Crippen LogP contribution in [-0.4, -0.2) is 38.7 Å². The number of guanidine groups is 1. The van der Waals surface area contributed by atoms with Crippen LogP contribution >= 0.6 is 35.3 Å². The van der Waals surface area contributed by atoms with Crippen molar-refractivity contribution in [1.29, 1.82) is 0 Å². The van der Waals surface area contributed by atoms with E-state index < -0.39 is 9.84 Å². The molecule has 2 rings (SSSR count). The van der Waals surface area contributed by atoms with Crippen LogP contribution in [0.25, 0.3) is 0 Å². The molecule has 0 radical (unpaired) electrons. The molecule has 0 aliphatic rings. The predicted octanol–water partition coefficient (Wildman–Crippen LogP) is 2.91. The highest BCUT2D eigenvalue weighted by atomic mass is 127. The Morgan fingerprint density at radius 3 is 2.46 bits per heavy atom. The monoisotopic (exact) mass is 508 g/mol. The lowest BCUT2D eigenvalue weighted by atomic mass is 10.4. The van der Waals surface area contributed by atoms with Gasteiger partial charge in [-0.05, 0) is 32.4 Å². The molecule has 144 valence electrons. The highest BCUT2D eigenvalue weighted by Gasteiger charge is 2.13. The number of aryl methyl sites for hydroxylation is 2. The van der Waals surface area contributed by atoms with Crippen LogP contribution in [0.4, 0.5) is 0 Å². The van der Waals surface area contributed by atoms with Gasteiger partial charge >= 0.3 is 0 Å². The molecule has 0 atom stereocenters. The van der Waals surface area contributed by atoms with Gasteiger partial charge in [0.15, 0.2) is 15.8 Å². The second kappa shape index (κ2) is 10.8. The fourth-order valence-electron chi connectivity index (χ4n) is 2.34. The van der Waals surface area contributed by atoms with E-state index in [0.717, 1.165) is 10.7 Å². The Morgan fingerprint density at radius 2 is 1.88 bits per heavy atom. The van der Waals surface area contributed by atoms with Gasteiger partial charge in [-0.2, -0.15) is 0 Å². The molecule has 0 fully saturated rings. The van der Waals surface area contributed by atoms with E-state index in [1.165, 1.54) is 4.88 Å². The smallest absolute Gasteiger partial charge is 0.191 e. The summed E-state index contributed by atoms with van der Waals surface area (Å²) in [5.41, 5.74) is 1.03. The molecular formula is C17H25IN4O2S2. The van der Waals surface area contributed by atoms with Crippen LogP contribution in [0, 0.1) is 13.8 Å². The molecule has 2 N–H and O–H groups in total. The van der Waals surface area contributed by atoms with Crippen LogP contribution in [0.3, 0.4) is 0 Å². The molecule has 0 aliphatic carbocycles. The first-order valence-corrected chi connectivity index (χ1v) is 10.5. The number of rotatable bonds is 7. The number of sulfone groups is 1. The van der Waals surface area contributed by atoms with Gasteiger partial charge in [0.25, 0.3) is 0 Å². The van der Waals surface area contributed by atoms with Gasteiger partial charge in [-0.1, -0.05) is 18.2 Å². The standard InChI is InChI=1S/C17H24N4O2S2.HI/c1-13-16(24-14(2)21-13)12-20-17(18-3)19-10-7-11-25(22,23)15-8-5-4-6-9-15;/h4-6,8-9H,7,10-12H2,1-3H3,(H2,18,19,20);1H. The van der Waals surface area contributed by atoms with E-state index in [-0.39, 0.29) is 29.7 Å². The first-order valence-electron chi connectivity index (χ1n) is 8.07. The van der Waals surface area contributed by atoms with Crippen molar-refractivity contribution >= 4 is 51.1 Å². The molecule has 1 aromatic heterocycles. The molecule has 0 unspecified atom stereocenters. The average Bonchev–Trinajstić information content (AvgIpc) is 2.92. The van der Waals surface area contributed by atoms with Crippen LogP contribution in [-0.2, 0) is 16.4 Å². The summed E-state index contributed by atoms with van der Waals surface area (Å²) in [5.74, 6) is 0.760. The van der Waals surface area contributed by atoms with Crippen LogP contribution < -0.4 is 10.6 Å². The van der Waals surface area contributed by atoms with Gasteiger partial charge in [0.2, 0.25) is 0 Å². The summed E-state index contributed by atoms with van der Waals surface area (Å²) in [6.45, 7) is 5.17. The van der Waals surface area contributed by atoms with Crippen molar-refractivity contribution in [3.05, 3.63) is 45.9 Å². The third kappa shape index (κ3) is 6.84. The fraction of sp³-hybridized carbons (Fsp3) is 0.412. The molecule has 9 heteroatoms. The molecule has 0 saturated carbocycles. The second-order valence-electron chi connectivity index (χ2n) is 5.58. The summed E-state index contributed by atoms with van der Waals surface area (Å²) in [5, 5.41) is 7.42. The molecule has 2 aromatic rings. The lowest BCUT2D eigenvalue weighted by Crippen LogP contribution is -2.37. The first-order chi connectivity index (χ1) is 11.9. The SMILES string of the molecule is CN=C(NCCCS(=O)(=O)c1ccccc1)NCc1sc(C)nc1C.I. The quantitative estimate of drug-likeness (QED) is 0.260. The third-order valence-electron chi connectivity index (χ3n) is 3.62. The molecule has 1 heterocycles. The number of hydrogen-bond donors (Lipinski definition) is 2. The number of halogens is 1. The van der Waals surface area contributed by atoms with Gasteiger partial charge in [0.05, 0.1) is 27.9 Å². The summed E-state index contributed by atoms with van der Waals surface area (Å²) in [6.07, 6.45) is 0.511. The Hall–Kier alpha value is -1.20. The average molecular weight is 508 g/mol. The van der Waals surface area contributed by atoms with Crippen molar-refractivity contribution in [3.8, 4) is 0 Å². The summed E-state index contributed by atoms with van der Waals surface area (Å²) < 4.78 is 24.4. The maximum Gasteiger partial charge on any atom is 0.191 e. The molecule has 0 spiro atoms. The third-order valence-corrected chi connectivity index (χ3v) is 6.51. The predicted molar refractivity (Wildman–Crippen MR) is 118 cm³/mol. The van der Waals surface area contributed by atoms with Crippen LogP contribution in [0.1, 0.15) is 22.0 Å². The Balaban J connectivity index is 0.00000338. The minimum atomic E-state index is -3.23.